The summed E-state index contributed by atoms with van der Waals surface area (Å²) < 4.78 is 2.09. The molecule has 1 unspecified atom stereocenters. The fourth-order valence-corrected chi connectivity index (χ4v) is 3.26. The van der Waals surface area contributed by atoms with Crippen molar-refractivity contribution >= 4 is 22.6 Å². The Labute approximate surface area is 133 Å². The lowest BCUT2D eigenvalue weighted by Crippen LogP contribution is -2.33. The number of hydrogen-bond acceptors (Lipinski definition) is 3. The predicted octanol–water partition coefficient (Wildman–Crippen LogP) is 2.59. The van der Waals surface area contributed by atoms with Gasteiger partial charge in [0.1, 0.15) is 11.3 Å². The average molecular weight is 309 g/mol. The third-order valence-electron chi connectivity index (χ3n) is 4.58. The molecule has 0 fully saturated rings. The van der Waals surface area contributed by atoms with E-state index < -0.39 is 0 Å². The lowest BCUT2D eigenvalue weighted by atomic mass is 10.2. The summed E-state index contributed by atoms with van der Waals surface area (Å²) in [5.41, 5.74) is 4.45. The smallest absolute Gasteiger partial charge is 0.272 e. The van der Waals surface area contributed by atoms with Gasteiger partial charge in [-0.2, -0.15) is 0 Å². The molecular weight excluding hydrogens is 290 g/mol. The summed E-state index contributed by atoms with van der Waals surface area (Å²) >= 11 is 0. The number of pyridine rings is 1. The van der Waals surface area contributed by atoms with Crippen LogP contribution in [-0.4, -0.2) is 27.0 Å². The molecule has 4 heterocycles. The van der Waals surface area contributed by atoms with Crippen LogP contribution in [0.4, 0.5) is 5.69 Å². The average Bonchev–Trinajstić information content (AvgIpc) is 3.17. The summed E-state index contributed by atoms with van der Waals surface area (Å²) in [4.78, 5) is 20.1. The fraction of sp³-hybridized carbons (Fsp3) is 0.294. The molecule has 0 aromatic carbocycles. The van der Waals surface area contributed by atoms with E-state index in [1.54, 1.807) is 6.20 Å². The molecule has 0 radical (unpaired) electrons. The van der Waals surface area contributed by atoms with E-state index in [0.717, 1.165) is 41.1 Å². The van der Waals surface area contributed by atoms with Gasteiger partial charge in [-0.05, 0) is 37.6 Å². The number of aromatic amines is 1. The second-order valence-corrected chi connectivity index (χ2v) is 5.96. The van der Waals surface area contributed by atoms with Gasteiger partial charge in [0.05, 0.1) is 11.9 Å². The van der Waals surface area contributed by atoms with Gasteiger partial charge in [-0.3, -0.25) is 4.79 Å². The second-order valence-electron chi connectivity index (χ2n) is 5.96. The van der Waals surface area contributed by atoms with Crippen LogP contribution in [0.2, 0.25) is 0 Å². The van der Waals surface area contributed by atoms with Gasteiger partial charge < -0.3 is 20.2 Å². The Morgan fingerprint density at radius 3 is 3.13 bits per heavy atom. The zero-order valence-electron chi connectivity index (χ0n) is 13.2. The maximum absolute atomic E-state index is 12.7. The van der Waals surface area contributed by atoms with E-state index in [1.165, 1.54) is 0 Å². The lowest BCUT2D eigenvalue weighted by molar-refractivity contribution is 0.101. The van der Waals surface area contributed by atoms with Crippen molar-refractivity contribution in [3.8, 4) is 0 Å². The summed E-state index contributed by atoms with van der Waals surface area (Å²) in [7, 11) is 0. The van der Waals surface area contributed by atoms with Crippen LogP contribution >= 0.6 is 0 Å². The van der Waals surface area contributed by atoms with E-state index in [-0.39, 0.29) is 11.9 Å². The van der Waals surface area contributed by atoms with E-state index in [1.807, 2.05) is 31.3 Å². The van der Waals surface area contributed by atoms with Crippen LogP contribution in [0.3, 0.4) is 0 Å². The highest BCUT2D eigenvalue weighted by molar-refractivity contribution is 6.04. The van der Waals surface area contributed by atoms with Crippen molar-refractivity contribution in [1.29, 1.82) is 0 Å². The number of hydrogen-bond donors (Lipinski definition) is 3. The minimum atomic E-state index is -0.0925. The topological polar surface area (TPSA) is 74.7 Å². The Hall–Kier alpha value is -2.60. The number of aromatic nitrogens is 3. The number of rotatable bonds is 2. The largest absolute Gasteiger partial charge is 0.346 e. The molecule has 1 atom stereocenters. The molecule has 6 heteroatoms. The van der Waals surface area contributed by atoms with Crippen LogP contribution in [0, 0.1) is 6.92 Å². The highest BCUT2D eigenvalue weighted by Crippen LogP contribution is 2.24. The van der Waals surface area contributed by atoms with Crippen molar-refractivity contribution < 1.29 is 4.79 Å². The van der Waals surface area contributed by atoms with Crippen LogP contribution in [0.5, 0.6) is 0 Å². The van der Waals surface area contributed by atoms with Crippen LogP contribution < -0.4 is 10.6 Å². The van der Waals surface area contributed by atoms with Gasteiger partial charge >= 0.3 is 0 Å². The molecule has 3 aromatic heterocycles. The monoisotopic (exact) mass is 309 g/mol. The van der Waals surface area contributed by atoms with Crippen LogP contribution in [-0.2, 0) is 6.54 Å². The van der Waals surface area contributed by atoms with Crippen molar-refractivity contribution in [3.63, 3.8) is 0 Å². The molecule has 0 aliphatic carbocycles. The first-order chi connectivity index (χ1) is 11.1. The molecule has 118 valence electrons. The standard InChI is InChI=1S/C17H19N5O/c1-10-12-5-6-19-16(12)20-9-13(10)21-17(23)15-4-3-14-11(2)18-7-8-22(14)15/h3-6,9,11,18H,7-8H2,1-2H3,(H,19,20)(H,21,23). The number of amides is 1. The van der Waals surface area contributed by atoms with Gasteiger partial charge in [0.25, 0.3) is 5.91 Å². The number of carbonyl (C=O) groups is 1. The fourth-order valence-electron chi connectivity index (χ4n) is 3.26. The molecule has 6 nitrogen and oxygen atoms in total. The molecule has 0 saturated carbocycles. The van der Waals surface area contributed by atoms with Crippen molar-refractivity contribution in [3.05, 3.63) is 47.5 Å². The molecule has 23 heavy (non-hydrogen) atoms. The number of aryl methyl sites for hydroxylation is 1. The highest BCUT2D eigenvalue weighted by atomic mass is 16.2. The zero-order chi connectivity index (χ0) is 16.0. The van der Waals surface area contributed by atoms with Crippen LogP contribution in [0.15, 0.2) is 30.6 Å². The second kappa shape index (κ2) is 5.24. The molecule has 0 saturated heterocycles. The molecule has 1 amide bonds. The normalized spacial score (nSPS) is 17.2. The van der Waals surface area contributed by atoms with E-state index in [9.17, 15) is 4.79 Å². The number of nitrogens with one attached hydrogen (secondary N) is 3. The quantitative estimate of drug-likeness (QED) is 0.681. The van der Waals surface area contributed by atoms with Crippen LogP contribution in [0.25, 0.3) is 11.0 Å². The van der Waals surface area contributed by atoms with Gasteiger partial charge in [-0.25, -0.2) is 4.98 Å². The van der Waals surface area contributed by atoms with Crippen molar-refractivity contribution in [2.24, 2.45) is 0 Å². The van der Waals surface area contributed by atoms with Gasteiger partial charge in [0.2, 0.25) is 0 Å². The summed E-state index contributed by atoms with van der Waals surface area (Å²) in [5, 5.41) is 7.43. The van der Waals surface area contributed by atoms with Gasteiger partial charge in [0.15, 0.2) is 0 Å². The first kappa shape index (κ1) is 14.0. The molecular formula is C17H19N5O. The molecule has 1 aliphatic heterocycles. The summed E-state index contributed by atoms with van der Waals surface area (Å²) in [6.45, 7) is 5.79. The van der Waals surface area contributed by atoms with E-state index >= 15 is 0 Å². The Kier molecular flexibility index (Phi) is 3.20. The van der Waals surface area contributed by atoms with Crippen LogP contribution in [0.1, 0.15) is 34.7 Å². The number of nitrogens with zero attached hydrogens (tertiary/aromatic N) is 2. The Balaban J connectivity index is 1.66. The molecule has 3 N–H and O–H groups in total. The summed E-state index contributed by atoms with van der Waals surface area (Å²) in [6.07, 6.45) is 3.56. The van der Waals surface area contributed by atoms with Crippen molar-refractivity contribution in [2.75, 3.05) is 11.9 Å². The predicted molar refractivity (Wildman–Crippen MR) is 89.6 cm³/mol. The van der Waals surface area contributed by atoms with E-state index in [4.69, 9.17) is 0 Å². The Bertz CT molecular complexity index is 892. The molecule has 0 spiro atoms. The van der Waals surface area contributed by atoms with Gasteiger partial charge in [0, 0.05) is 36.4 Å². The number of anilines is 1. The zero-order valence-corrected chi connectivity index (χ0v) is 13.2. The SMILES string of the molecule is Cc1c(NC(=O)c2ccc3n2CCNC3C)cnc2[nH]ccc12. The first-order valence-corrected chi connectivity index (χ1v) is 7.82. The minimum Gasteiger partial charge on any atom is -0.346 e. The Morgan fingerprint density at radius 1 is 1.39 bits per heavy atom. The third-order valence-corrected chi connectivity index (χ3v) is 4.58. The van der Waals surface area contributed by atoms with Gasteiger partial charge in [-0.15, -0.1) is 0 Å². The number of fused-ring (bicyclic) bond motifs is 2. The van der Waals surface area contributed by atoms with E-state index in [0.29, 0.717) is 5.69 Å². The highest BCUT2D eigenvalue weighted by Gasteiger charge is 2.22. The van der Waals surface area contributed by atoms with E-state index in [2.05, 4.69) is 32.1 Å². The molecule has 4 rings (SSSR count). The van der Waals surface area contributed by atoms with Crippen molar-refractivity contribution in [2.45, 2.75) is 26.4 Å². The number of carbonyl (C=O) groups excluding carboxylic acids is 1. The Morgan fingerprint density at radius 2 is 2.26 bits per heavy atom. The van der Waals surface area contributed by atoms with Gasteiger partial charge in [-0.1, -0.05) is 0 Å². The number of H-pyrrole nitrogens is 1. The molecule has 3 aromatic rings. The minimum absolute atomic E-state index is 0.0925. The molecule has 0 bridgehead atoms. The molecule has 1 aliphatic rings. The summed E-state index contributed by atoms with van der Waals surface area (Å²) in [6, 6.07) is 6.16. The maximum Gasteiger partial charge on any atom is 0.272 e. The lowest BCUT2D eigenvalue weighted by Gasteiger charge is -2.24. The maximum atomic E-state index is 12.7. The third kappa shape index (κ3) is 2.22. The first-order valence-electron chi connectivity index (χ1n) is 7.82. The summed E-state index contributed by atoms with van der Waals surface area (Å²) in [5.74, 6) is -0.0925. The van der Waals surface area contributed by atoms with Crippen molar-refractivity contribution in [1.82, 2.24) is 19.9 Å².